The Balaban J connectivity index is 2.16. The molecule has 6 heteroatoms. The molecular weight excluding hydrogens is 288 g/mol. The van der Waals surface area contributed by atoms with E-state index in [1.807, 2.05) is 11.9 Å². The summed E-state index contributed by atoms with van der Waals surface area (Å²) in [4.78, 5) is 14.6. The van der Waals surface area contributed by atoms with Gasteiger partial charge in [-0.05, 0) is 50.6 Å². The molecule has 0 spiro atoms. The molecule has 1 N–H and O–H groups in total. The number of sulfone groups is 1. The number of piperidine rings is 1. The molecule has 1 unspecified atom stereocenters. The Hall–Kier alpha value is -1.40. The minimum atomic E-state index is -3.29. The zero-order valence-corrected chi connectivity index (χ0v) is 13.3. The van der Waals surface area contributed by atoms with E-state index in [0.717, 1.165) is 38.7 Å². The predicted octanol–water partition coefficient (Wildman–Crippen LogP) is 1.16. The molecule has 2 rings (SSSR count). The zero-order chi connectivity index (χ0) is 15.5. The van der Waals surface area contributed by atoms with Gasteiger partial charge in [-0.2, -0.15) is 0 Å². The van der Waals surface area contributed by atoms with Gasteiger partial charge in [0.2, 0.25) is 0 Å². The monoisotopic (exact) mass is 310 g/mol. The number of hydrogen-bond acceptors (Lipinski definition) is 4. The number of amides is 1. The van der Waals surface area contributed by atoms with E-state index in [4.69, 9.17) is 0 Å². The molecule has 21 heavy (non-hydrogen) atoms. The van der Waals surface area contributed by atoms with Crippen LogP contribution in [0.5, 0.6) is 0 Å². The van der Waals surface area contributed by atoms with Crippen molar-refractivity contribution in [1.82, 2.24) is 10.2 Å². The van der Waals surface area contributed by atoms with Gasteiger partial charge in [0.25, 0.3) is 5.91 Å². The first-order valence-electron chi connectivity index (χ1n) is 7.16. The molecule has 1 saturated heterocycles. The van der Waals surface area contributed by atoms with Crippen LogP contribution in [0.15, 0.2) is 29.2 Å². The first-order chi connectivity index (χ1) is 9.91. The molecule has 1 aromatic rings. The molecule has 1 aliphatic rings. The van der Waals surface area contributed by atoms with Crippen molar-refractivity contribution in [3.05, 3.63) is 29.8 Å². The van der Waals surface area contributed by atoms with Crippen molar-refractivity contribution in [3.63, 3.8) is 0 Å². The lowest BCUT2D eigenvalue weighted by Gasteiger charge is -2.32. The summed E-state index contributed by atoms with van der Waals surface area (Å²) in [7, 11) is -1.38. The highest BCUT2D eigenvalue weighted by Gasteiger charge is 2.24. The Morgan fingerprint density at radius 3 is 2.86 bits per heavy atom. The quantitative estimate of drug-likeness (QED) is 0.906. The van der Waals surface area contributed by atoms with E-state index in [0.29, 0.717) is 11.5 Å². The third-order valence-corrected chi connectivity index (χ3v) is 4.92. The zero-order valence-electron chi connectivity index (χ0n) is 12.5. The van der Waals surface area contributed by atoms with Crippen LogP contribution in [0.1, 0.15) is 23.2 Å². The van der Waals surface area contributed by atoms with Gasteiger partial charge in [0.15, 0.2) is 9.84 Å². The average Bonchev–Trinajstić information content (AvgIpc) is 2.46. The van der Waals surface area contributed by atoms with Gasteiger partial charge in [0.1, 0.15) is 0 Å². The maximum Gasteiger partial charge on any atom is 0.253 e. The molecule has 1 amide bonds. The van der Waals surface area contributed by atoms with Gasteiger partial charge in [-0.1, -0.05) is 6.07 Å². The molecule has 116 valence electrons. The number of hydrogen-bond donors (Lipinski definition) is 1. The maximum atomic E-state index is 12.5. The molecule has 1 atom stereocenters. The van der Waals surface area contributed by atoms with E-state index >= 15 is 0 Å². The summed E-state index contributed by atoms with van der Waals surface area (Å²) in [5.74, 6) is 0.382. The van der Waals surface area contributed by atoms with Crippen LogP contribution in [0, 0.1) is 5.92 Å². The van der Waals surface area contributed by atoms with E-state index in [9.17, 15) is 13.2 Å². The third-order valence-electron chi connectivity index (χ3n) is 3.81. The van der Waals surface area contributed by atoms with Crippen LogP contribution in [0.3, 0.4) is 0 Å². The van der Waals surface area contributed by atoms with Crippen molar-refractivity contribution in [2.45, 2.75) is 17.7 Å². The SMILES string of the molecule is CNCC1CCCN(C(=O)c2cccc(S(C)(=O)=O)c2)C1. The fourth-order valence-electron chi connectivity index (χ4n) is 2.75. The van der Waals surface area contributed by atoms with Crippen molar-refractivity contribution in [2.24, 2.45) is 5.92 Å². The van der Waals surface area contributed by atoms with E-state index in [1.165, 1.54) is 12.1 Å². The van der Waals surface area contributed by atoms with Crippen molar-refractivity contribution in [2.75, 3.05) is 32.9 Å². The molecule has 1 heterocycles. The summed E-state index contributed by atoms with van der Waals surface area (Å²) >= 11 is 0. The Morgan fingerprint density at radius 1 is 1.43 bits per heavy atom. The summed E-state index contributed by atoms with van der Waals surface area (Å²) in [6.45, 7) is 2.36. The molecule has 0 radical (unpaired) electrons. The minimum Gasteiger partial charge on any atom is -0.338 e. The second-order valence-electron chi connectivity index (χ2n) is 5.62. The Kier molecular flexibility index (Phi) is 5.00. The first kappa shape index (κ1) is 16.0. The number of benzene rings is 1. The molecule has 1 aliphatic heterocycles. The third kappa shape index (κ3) is 4.04. The lowest BCUT2D eigenvalue weighted by Crippen LogP contribution is -2.42. The van der Waals surface area contributed by atoms with Crippen LogP contribution in [-0.4, -0.2) is 52.2 Å². The molecule has 0 aliphatic carbocycles. The second-order valence-corrected chi connectivity index (χ2v) is 7.63. The number of nitrogens with zero attached hydrogens (tertiary/aromatic N) is 1. The van der Waals surface area contributed by atoms with Gasteiger partial charge in [-0.3, -0.25) is 4.79 Å². The molecule has 0 aromatic heterocycles. The van der Waals surface area contributed by atoms with Gasteiger partial charge >= 0.3 is 0 Å². The van der Waals surface area contributed by atoms with Crippen LogP contribution in [0.4, 0.5) is 0 Å². The minimum absolute atomic E-state index is 0.0821. The summed E-state index contributed by atoms with van der Waals surface area (Å²) in [6, 6.07) is 6.29. The van der Waals surface area contributed by atoms with E-state index in [-0.39, 0.29) is 10.8 Å². The highest BCUT2D eigenvalue weighted by molar-refractivity contribution is 7.90. The molecule has 1 aromatic carbocycles. The van der Waals surface area contributed by atoms with E-state index in [2.05, 4.69) is 5.32 Å². The van der Waals surface area contributed by atoms with Crippen molar-refractivity contribution < 1.29 is 13.2 Å². The summed E-state index contributed by atoms with van der Waals surface area (Å²) in [5, 5.41) is 3.15. The first-order valence-corrected chi connectivity index (χ1v) is 9.05. The van der Waals surface area contributed by atoms with Crippen molar-refractivity contribution in [1.29, 1.82) is 0 Å². The highest BCUT2D eigenvalue weighted by atomic mass is 32.2. The average molecular weight is 310 g/mol. The number of likely N-dealkylation sites (tertiary alicyclic amines) is 1. The van der Waals surface area contributed by atoms with E-state index < -0.39 is 9.84 Å². The Labute approximate surface area is 126 Å². The van der Waals surface area contributed by atoms with Gasteiger partial charge < -0.3 is 10.2 Å². The lowest BCUT2D eigenvalue weighted by molar-refractivity contribution is 0.0674. The summed E-state index contributed by atoms with van der Waals surface area (Å²) in [6.07, 6.45) is 3.26. The van der Waals surface area contributed by atoms with Crippen LogP contribution < -0.4 is 5.32 Å². The highest BCUT2D eigenvalue weighted by Crippen LogP contribution is 2.19. The topological polar surface area (TPSA) is 66.5 Å². The number of carbonyl (C=O) groups is 1. The molecule has 1 fully saturated rings. The maximum absolute atomic E-state index is 12.5. The molecular formula is C15H22N2O3S. The van der Waals surface area contributed by atoms with Crippen LogP contribution in [-0.2, 0) is 9.84 Å². The normalized spacial score (nSPS) is 19.5. The van der Waals surface area contributed by atoms with Gasteiger partial charge in [-0.15, -0.1) is 0 Å². The standard InChI is InChI=1S/C15H22N2O3S/c1-16-10-12-5-4-8-17(11-12)15(18)13-6-3-7-14(9-13)21(2,19)20/h3,6-7,9,12,16H,4-5,8,10-11H2,1-2H3. The van der Waals surface area contributed by atoms with Gasteiger partial charge in [0, 0.05) is 24.9 Å². The van der Waals surface area contributed by atoms with Crippen LogP contribution in [0.25, 0.3) is 0 Å². The number of rotatable bonds is 4. The predicted molar refractivity (Wildman–Crippen MR) is 82.1 cm³/mol. The van der Waals surface area contributed by atoms with Crippen molar-refractivity contribution in [3.8, 4) is 0 Å². The van der Waals surface area contributed by atoms with Crippen LogP contribution in [0.2, 0.25) is 0 Å². The fraction of sp³-hybridized carbons (Fsp3) is 0.533. The van der Waals surface area contributed by atoms with Gasteiger partial charge in [0.05, 0.1) is 4.90 Å². The number of nitrogens with one attached hydrogen (secondary N) is 1. The fourth-order valence-corrected chi connectivity index (χ4v) is 3.41. The summed E-state index contributed by atoms with van der Waals surface area (Å²) in [5.41, 5.74) is 0.447. The van der Waals surface area contributed by atoms with Crippen molar-refractivity contribution >= 4 is 15.7 Å². The van der Waals surface area contributed by atoms with E-state index in [1.54, 1.807) is 12.1 Å². The molecule has 0 saturated carbocycles. The molecule has 5 nitrogen and oxygen atoms in total. The Morgan fingerprint density at radius 2 is 2.19 bits per heavy atom. The van der Waals surface area contributed by atoms with Crippen LogP contribution >= 0.6 is 0 Å². The lowest BCUT2D eigenvalue weighted by atomic mass is 9.97. The Bertz CT molecular complexity index is 611. The number of carbonyl (C=O) groups excluding carboxylic acids is 1. The summed E-state index contributed by atoms with van der Waals surface area (Å²) < 4.78 is 23.2. The molecule has 0 bridgehead atoms. The smallest absolute Gasteiger partial charge is 0.253 e. The second kappa shape index (κ2) is 6.58. The largest absolute Gasteiger partial charge is 0.338 e. The van der Waals surface area contributed by atoms with Gasteiger partial charge in [-0.25, -0.2) is 8.42 Å².